The highest BCUT2D eigenvalue weighted by Crippen LogP contribution is 2.33. The second-order valence-electron chi connectivity index (χ2n) is 8.82. The molecule has 0 unspecified atom stereocenters. The van der Waals surface area contributed by atoms with Crippen LogP contribution in [0.3, 0.4) is 0 Å². The Hall–Kier alpha value is -1.99. The van der Waals surface area contributed by atoms with E-state index in [4.69, 9.17) is 21.3 Å². The molecule has 0 spiro atoms. The first-order valence-corrected chi connectivity index (χ1v) is 11.8. The van der Waals surface area contributed by atoms with Crippen molar-refractivity contribution in [2.45, 2.75) is 26.2 Å². The maximum atomic E-state index is 13.6. The summed E-state index contributed by atoms with van der Waals surface area (Å²) in [5.41, 5.74) is 2.66. The second-order valence-corrected chi connectivity index (χ2v) is 10.2. The minimum absolute atomic E-state index is 0.0381. The number of halogens is 1. The Morgan fingerprint density at radius 2 is 1.87 bits per heavy atom. The molecule has 0 aliphatic carbocycles. The van der Waals surface area contributed by atoms with Gasteiger partial charge in [-0.3, -0.25) is 14.6 Å². The summed E-state index contributed by atoms with van der Waals surface area (Å²) in [5, 5.41) is 1.29. The van der Waals surface area contributed by atoms with E-state index in [9.17, 15) is 4.79 Å². The summed E-state index contributed by atoms with van der Waals surface area (Å²) in [5.74, 6) is -0.0381. The third kappa shape index (κ3) is 5.09. The average Bonchev–Trinajstić information content (AvgIpc) is 3.19. The molecule has 1 aliphatic heterocycles. The van der Waals surface area contributed by atoms with Crippen molar-refractivity contribution >= 4 is 44.2 Å². The smallest absolute Gasteiger partial charge is 0.260 e. The first-order valence-electron chi connectivity index (χ1n) is 10.6. The van der Waals surface area contributed by atoms with E-state index in [1.54, 1.807) is 4.90 Å². The Morgan fingerprint density at radius 1 is 1.16 bits per heavy atom. The number of rotatable bonds is 5. The van der Waals surface area contributed by atoms with Crippen LogP contribution in [0.15, 0.2) is 42.5 Å². The lowest BCUT2D eigenvalue weighted by atomic mass is 9.86. The van der Waals surface area contributed by atoms with Crippen LogP contribution >= 0.6 is 22.9 Å². The summed E-state index contributed by atoms with van der Waals surface area (Å²) in [6.07, 6.45) is 0. The number of amides is 1. The molecule has 1 saturated heterocycles. The number of ether oxygens (including phenoxy) is 1. The molecule has 1 aromatic heterocycles. The number of thiazole rings is 1. The fraction of sp³-hybridized carbons (Fsp3) is 0.417. The molecule has 5 nitrogen and oxygen atoms in total. The Bertz CT molecular complexity index is 1050. The van der Waals surface area contributed by atoms with E-state index in [0.29, 0.717) is 22.3 Å². The third-order valence-corrected chi connectivity index (χ3v) is 6.92. The number of para-hydroxylation sites is 1. The number of hydrogen-bond donors (Lipinski definition) is 0. The minimum atomic E-state index is -0.0381. The number of anilines is 1. The van der Waals surface area contributed by atoms with E-state index < -0.39 is 0 Å². The average molecular weight is 458 g/mol. The Balaban J connectivity index is 1.63. The highest BCUT2D eigenvalue weighted by Gasteiger charge is 2.24. The van der Waals surface area contributed by atoms with Crippen LogP contribution in [0.25, 0.3) is 10.2 Å². The van der Waals surface area contributed by atoms with E-state index in [-0.39, 0.29) is 11.3 Å². The van der Waals surface area contributed by atoms with Gasteiger partial charge < -0.3 is 4.74 Å². The van der Waals surface area contributed by atoms with Crippen LogP contribution in [0.4, 0.5) is 5.13 Å². The first kappa shape index (κ1) is 22.2. The molecule has 2 heterocycles. The largest absolute Gasteiger partial charge is 0.379 e. The summed E-state index contributed by atoms with van der Waals surface area (Å²) in [4.78, 5) is 22.4. The van der Waals surface area contributed by atoms with E-state index in [0.717, 1.165) is 43.1 Å². The predicted octanol–water partition coefficient (Wildman–Crippen LogP) is 5.23. The van der Waals surface area contributed by atoms with Crippen molar-refractivity contribution in [3.05, 3.63) is 58.6 Å². The topological polar surface area (TPSA) is 45.7 Å². The molecule has 164 valence electrons. The van der Waals surface area contributed by atoms with Crippen molar-refractivity contribution in [2.24, 2.45) is 0 Å². The van der Waals surface area contributed by atoms with Crippen LogP contribution in [0.5, 0.6) is 0 Å². The maximum absolute atomic E-state index is 13.6. The van der Waals surface area contributed by atoms with Crippen LogP contribution in [0, 0.1) is 0 Å². The number of carbonyl (C=O) groups is 1. The Labute approximate surface area is 192 Å². The Morgan fingerprint density at radius 3 is 2.52 bits per heavy atom. The fourth-order valence-electron chi connectivity index (χ4n) is 3.64. The number of hydrogen-bond acceptors (Lipinski definition) is 5. The van der Waals surface area contributed by atoms with Crippen molar-refractivity contribution in [3.8, 4) is 0 Å². The van der Waals surface area contributed by atoms with Gasteiger partial charge >= 0.3 is 0 Å². The van der Waals surface area contributed by atoms with E-state index in [2.05, 4.69) is 25.7 Å². The highest BCUT2D eigenvalue weighted by molar-refractivity contribution is 7.22. The van der Waals surface area contributed by atoms with Crippen LogP contribution in [-0.4, -0.2) is 55.2 Å². The maximum Gasteiger partial charge on any atom is 0.260 e. The summed E-state index contributed by atoms with van der Waals surface area (Å²) in [7, 11) is 0. The Kier molecular flexibility index (Phi) is 6.63. The molecule has 31 heavy (non-hydrogen) atoms. The first-order chi connectivity index (χ1) is 14.8. The number of aromatic nitrogens is 1. The lowest BCUT2D eigenvalue weighted by Gasteiger charge is -2.29. The van der Waals surface area contributed by atoms with Gasteiger partial charge in [0.05, 0.1) is 22.9 Å². The highest BCUT2D eigenvalue weighted by atomic mass is 35.5. The van der Waals surface area contributed by atoms with Crippen LogP contribution in [-0.2, 0) is 10.2 Å². The molecule has 0 N–H and O–H groups in total. The van der Waals surface area contributed by atoms with Crippen molar-refractivity contribution in [1.82, 2.24) is 9.88 Å². The number of carbonyl (C=O) groups excluding carboxylic acids is 1. The van der Waals surface area contributed by atoms with Gasteiger partial charge in [-0.15, -0.1) is 0 Å². The molecule has 2 aromatic carbocycles. The van der Waals surface area contributed by atoms with Gasteiger partial charge in [0, 0.05) is 31.7 Å². The molecule has 3 aromatic rings. The zero-order valence-electron chi connectivity index (χ0n) is 18.2. The van der Waals surface area contributed by atoms with Gasteiger partial charge in [0.1, 0.15) is 5.52 Å². The van der Waals surface area contributed by atoms with E-state index in [1.807, 2.05) is 42.5 Å². The van der Waals surface area contributed by atoms with Crippen LogP contribution < -0.4 is 4.90 Å². The van der Waals surface area contributed by atoms with Crippen LogP contribution in [0.2, 0.25) is 5.02 Å². The zero-order chi connectivity index (χ0) is 22.0. The lowest BCUT2D eigenvalue weighted by Crippen LogP contribution is -2.43. The third-order valence-electron chi connectivity index (χ3n) is 5.58. The summed E-state index contributed by atoms with van der Waals surface area (Å²) >= 11 is 7.85. The molecular formula is C24H28ClN3O2S. The van der Waals surface area contributed by atoms with Crippen molar-refractivity contribution in [3.63, 3.8) is 0 Å². The standard InChI is InChI=1S/C24H28ClN3O2S/c1-24(2,3)18-9-7-17(8-10-18)22(29)28(12-11-27-13-15-30-16-14-27)23-26-21-19(25)5-4-6-20(21)31-23/h4-10H,11-16H2,1-3H3. The lowest BCUT2D eigenvalue weighted by molar-refractivity contribution is 0.0391. The summed E-state index contributed by atoms with van der Waals surface area (Å²) in [6, 6.07) is 13.7. The minimum Gasteiger partial charge on any atom is -0.379 e. The van der Waals surface area contributed by atoms with Crippen molar-refractivity contribution in [1.29, 1.82) is 0 Å². The predicted molar refractivity (Wildman–Crippen MR) is 129 cm³/mol. The number of fused-ring (bicyclic) bond motifs is 1. The van der Waals surface area contributed by atoms with Gasteiger partial charge in [-0.2, -0.15) is 0 Å². The number of benzene rings is 2. The monoisotopic (exact) mass is 457 g/mol. The number of nitrogens with zero attached hydrogens (tertiary/aromatic N) is 3. The van der Waals surface area contributed by atoms with Gasteiger partial charge in [0.15, 0.2) is 5.13 Å². The quantitative estimate of drug-likeness (QED) is 0.526. The van der Waals surface area contributed by atoms with Gasteiger partial charge in [0.25, 0.3) is 5.91 Å². The molecule has 1 fully saturated rings. The molecule has 4 rings (SSSR count). The fourth-order valence-corrected chi connectivity index (χ4v) is 4.93. The van der Waals surface area contributed by atoms with Crippen LogP contribution in [0.1, 0.15) is 36.7 Å². The summed E-state index contributed by atoms with van der Waals surface area (Å²) in [6.45, 7) is 11.1. The SMILES string of the molecule is CC(C)(C)c1ccc(C(=O)N(CCN2CCOCC2)c2nc3c(Cl)cccc3s2)cc1. The van der Waals surface area contributed by atoms with Gasteiger partial charge in [0.2, 0.25) is 0 Å². The van der Waals surface area contributed by atoms with Gasteiger partial charge in [-0.05, 0) is 35.2 Å². The molecule has 0 bridgehead atoms. The number of morpholine rings is 1. The second kappa shape index (κ2) is 9.25. The molecule has 0 radical (unpaired) electrons. The molecule has 0 atom stereocenters. The van der Waals surface area contributed by atoms with Crippen molar-refractivity contribution in [2.75, 3.05) is 44.3 Å². The van der Waals surface area contributed by atoms with E-state index in [1.165, 1.54) is 16.9 Å². The molecular weight excluding hydrogens is 430 g/mol. The van der Waals surface area contributed by atoms with Gasteiger partial charge in [-0.1, -0.05) is 61.9 Å². The molecule has 0 saturated carbocycles. The normalized spacial score (nSPS) is 15.4. The molecule has 1 amide bonds. The van der Waals surface area contributed by atoms with Crippen molar-refractivity contribution < 1.29 is 9.53 Å². The van der Waals surface area contributed by atoms with E-state index >= 15 is 0 Å². The molecule has 7 heteroatoms. The van der Waals surface area contributed by atoms with Gasteiger partial charge in [-0.25, -0.2) is 4.98 Å². The summed E-state index contributed by atoms with van der Waals surface area (Å²) < 4.78 is 6.43. The molecule has 1 aliphatic rings. The zero-order valence-corrected chi connectivity index (χ0v) is 19.8.